The number of carbonyl (C=O) groups is 2. The Morgan fingerprint density at radius 2 is 1.04 bits per heavy atom. The molecule has 3 N–H and O–H groups in total. The van der Waals surface area contributed by atoms with Crippen molar-refractivity contribution in [2.45, 2.75) is 96.0 Å². The van der Waals surface area contributed by atoms with Crippen molar-refractivity contribution >= 4 is 11.9 Å². The van der Waals surface area contributed by atoms with Crippen LogP contribution >= 0.6 is 0 Å². The van der Waals surface area contributed by atoms with Gasteiger partial charge in [-0.2, -0.15) is 0 Å². The standard InChI is InChI=1S/C21H40O7/c22-15-11-7-3-1-5-9-13-20(25)27-18-19(17-24)28-21(26)14-10-6-2-4-8-12-16-23/h19,22-24H,1-18H2. The van der Waals surface area contributed by atoms with E-state index in [4.69, 9.17) is 19.7 Å². The number of carbonyl (C=O) groups excluding carboxylic acids is 2. The van der Waals surface area contributed by atoms with Crippen molar-refractivity contribution < 1.29 is 34.4 Å². The van der Waals surface area contributed by atoms with Crippen molar-refractivity contribution in [2.75, 3.05) is 26.4 Å². The molecule has 1 unspecified atom stereocenters. The molecule has 0 aromatic carbocycles. The molecule has 0 spiro atoms. The van der Waals surface area contributed by atoms with Crippen LogP contribution in [0.5, 0.6) is 0 Å². The van der Waals surface area contributed by atoms with Crippen molar-refractivity contribution in [2.24, 2.45) is 0 Å². The maximum atomic E-state index is 11.8. The second kappa shape index (κ2) is 20.6. The molecule has 7 nitrogen and oxygen atoms in total. The van der Waals surface area contributed by atoms with Crippen LogP contribution in [0, 0.1) is 0 Å². The van der Waals surface area contributed by atoms with Crippen molar-refractivity contribution in [3.05, 3.63) is 0 Å². The van der Waals surface area contributed by atoms with Crippen LogP contribution in [0.15, 0.2) is 0 Å². The average molecular weight is 405 g/mol. The quantitative estimate of drug-likeness (QED) is 0.211. The largest absolute Gasteiger partial charge is 0.462 e. The molecular weight excluding hydrogens is 364 g/mol. The van der Waals surface area contributed by atoms with E-state index in [2.05, 4.69) is 0 Å². The fourth-order valence-electron chi connectivity index (χ4n) is 2.80. The summed E-state index contributed by atoms with van der Waals surface area (Å²) in [6.07, 6.45) is 11.0. The molecule has 0 radical (unpaired) electrons. The van der Waals surface area contributed by atoms with Crippen LogP contribution in [0.25, 0.3) is 0 Å². The van der Waals surface area contributed by atoms with E-state index in [1.807, 2.05) is 0 Å². The summed E-state index contributed by atoms with van der Waals surface area (Å²) in [6, 6.07) is 0. The van der Waals surface area contributed by atoms with Gasteiger partial charge in [-0.3, -0.25) is 9.59 Å². The van der Waals surface area contributed by atoms with Gasteiger partial charge in [0.05, 0.1) is 6.61 Å². The summed E-state index contributed by atoms with van der Waals surface area (Å²) in [5.41, 5.74) is 0. The summed E-state index contributed by atoms with van der Waals surface area (Å²) in [7, 11) is 0. The molecular formula is C21H40O7. The van der Waals surface area contributed by atoms with Crippen molar-refractivity contribution in [1.29, 1.82) is 0 Å². The SMILES string of the molecule is O=C(CCCCCCCCO)OCC(CO)OC(=O)CCCCCCCCO. The molecule has 1 atom stereocenters. The maximum absolute atomic E-state index is 11.8. The highest BCUT2D eigenvalue weighted by atomic mass is 16.6. The molecule has 0 saturated carbocycles. The molecule has 28 heavy (non-hydrogen) atoms. The van der Waals surface area contributed by atoms with Gasteiger partial charge in [0.1, 0.15) is 6.61 Å². The number of unbranched alkanes of at least 4 members (excludes halogenated alkanes) is 10. The third-order valence-electron chi connectivity index (χ3n) is 4.51. The van der Waals surface area contributed by atoms with Crippen LogP contribution in [0.2, 0.25) is 0 Å². The maximum Gasteiger partial charge on any atom is 0.306 e. The number of aliphatic hydroxyl groups is 3. The number of rotatable bonds is 20. The monoisotopic (exact) mass is 404 g/mol. The zero-order valence-corrected chi connectivity index (χ0v) is 17.3. The molecule has 0 aliphatic heterocycles. The first-order valence-corrected chi connectivity index (χ1v) is 10.8. The molecule has 0 aromatic rings. The first-order chi connectivity index (χ1) is 13.6. The summed E-state index contributed by atoms with van der Waals surface area (Å²) < 4.78 is 10.2. The lowest BCUT2D eigenvalue weighted by Crippen LogP contribution is -2.28. The second-order valence-electron chi connectivity index (χ2n) is 7.17. The van der Waals surface area contributed by atoms with Gasteiger partial charge < -0.3 is 24.8 Å². The summed E-state index contributed by atoms with van der Waals surface area (Å²) in [4.78, 5) is 23.5. The van der Waals surface area contributed by atoms with Crippen LogP contribution in [0.3, 0.4) is 0 Å². The van der Waals surface area contributed by atoms with E-state index >= 15 is 0 Å². The van der Waals surface area contributed by atoms with Crippen molar-refractivity contribution in [1.82, 2.24) is 0 Å². The van der Waals surface area contributed by atoms with Gasteiger partial charge >= 0.3 is 11.9 Å². The Kier molecular flexibility index (Phi) is 19.7. The number of hydrogen-bond acceptors (Lipinski definition) is 7. The van der Waals surface area contributed by atoms with Gasteiger partial charge in [0.2, 0.25) is 0 Å². The molecule has 0 amide bonds. The highest BCUT2D eigenvalue weighted by Crippen LogP contribution is 2.10. The lowest BCUT2D eigenvalue weighted by molar-refractivity contribution is -0.161. The second-order valence-corrected chi connectivity index (χ2v) is 7.17. The minimum Gasteiger partial charge on any atom is -0.462 e. The summed E-state index contributed by atoms with van der Waals surface area (Å²) in [5, 5.41) is 26.7. The minimum atomic E-state index is -0.806. The normalized spacial score (nSPS) is 12.0. The molecule has 0 bridgehead atoms. The van der Waals surface area contributed by atoms with Gasteiger partial charge in [0.25, 0.3) is 0 Å². The molecule has 0 aliphatic rings. The topological polar surface area (TPSA) is 113 Å². The molecule has 7 heteroatoms. The summed E-state index contributed by atoms with van der Waals surface area (Å²) in [6.45, 7) is -0.0248. The van der Waals surface area contributed by atoms with Crippen LogP contribution in [0.4, 0.5) is 0 Å². The van der Waals surface area contributed by atoms with Gasteiger partial charge in [0, 0.05) is 26.1 Å². The molecule has 0 aliphatic carbocycles. The van der Waals surface area contributed by atoms with Crippen molar-refractivity contribution in [3.8, 4) is 0 Å². The molecule has 166 valence electrons. The van der Waals surface area contributed by atoms with Gasteiger partial charge in [-0.1, -0.05) is 51.4 Å². The fraction of sp³-hybridized carbons (Fsp3) is 0.905. The van der Waals surface area contributed by atoms with E-state index in [0.717, 1.165) is 77.0 Å². The van der Waals surface area contributed by atoms with Gasteiger partial charge in [-0.25, -0.2) is 0 Å². The van der Waals surface area contributed by atoms with Gasteiger partial charge in [0.15, 0.2) is 6.10 Å². The summed E-state index contributed by atoms with van der Waals surface area (Å²) in [5.74, 6) is -0.721. The van der Waals surface area contributed by atoms with Crippen LogP contribution in [0.1, 0.15) is 89.9 Å². The molecule has 0 fully saturated rings. The predicted molar refractivity (Wildman–Crippen MR) is 107 cm³/mol. The van der Waals surface area contributed by atoms with Crippen LogP contribution in [-0.4, -0.2) is 59.8 Å². The molecule has 0 aromatic heterocycles. The Morgan fingerprint density at radius 1 is 0.607 bits per heavy atom. The molecule has 0 rings (SSSR count). The zero-order valence-electron chi connectivity index (χ0n) is 17.3. The highest BCUT2D eigenvalue weighted by Gasteiger charge is 2.16. The van der Waals surface area contributed by atoms with Crippen LogP contribution in [-0.2, 0) is 19.1 Å². The Morgan fingerprint density at radius 3 is 1.50 bits per heavy atom. The smallest absolute Gasteiger partial charge is 0.306 e. The first kappa shape index (κ1) is 26.8. The Bertz CT molecular complexity index is 374. The molecule has 0 heterocycles. The number of hydrogen-bond donors (Lipinski definition) is 3. The third kappa shape index (κ3) is 18.2. The van der Waals surface area contributed by atoms with E-state index in [9.17, 15) is 14.7 Å². The van der Waals surface area contributed by atoms with E-state index in [1.165, 1.54) is 0 Å². The van der Waals surface area contributed by atoms with E-state index in [1.54, 1.807) is 0 Å². The van der Waals surface area contributed by atoms with Gasteiger partial charge in [-0.15, -0.1) is 0 Å². The third-order valence-corrected chi connectivity index (χ3v) is 4.51. The van der Waals surface area contributed by atoms with E-state index < -0.39 is 6.10 Å². The minimum absolute atomic E-state index is 0.112. The average Bonchev–Trinajstić information content (AvgIpc) is 2.69. The van der Waals surface area contributed by atoms with Crippen LogP contribution < -0.4 is 0 Å². The fourth-order valence-corrected chi connectivity index (χ4v) is 2.80. The number of aliphatic hydroxyl groups excluding tert-OH is 3. The first-order valence-electron chi connectivity index (χ1n) is 10.8. The van der Waals surface area contributed by atoms with E-state index in [0.29, 0.717) is 12.8 Å². The summed E-state index contributed by atoms with van der Waals surface area (Å²) >= 11 is 0. The van der Waals surface area contributed by atoms with Gasteiger partial charge in [-0.05, 0) is 25.7 Å². The number of ether oxygens (including phenoxy) is 2. The zero-order chi connectivity index (χ0) is 20.9. The predicted octanol–water partition coefficient (Wildman–Crippen LogP) is 2.88. The Labute approximate surface area is 169 Å². The number of esters is 2. The molecule has 0 saturated heterocycles. The Balaban J connectivity index is 3.67. The lowest BCUT2D eigenvalue weighted by Gasteiger charge is -2.15. The Hall–Kier alpha value is -1.18. The van der Waals surface area contributed by atoms with E-state index in [-0.39, 0.29) is 38.4 Å². The van der Waals surface area contributed by atoms with Crippen molar-refractivity contribution in [3.63, 3.8) is 0 Å². The lowest BCUT2D eigenvalue weighted by atomic mass is 10.1. The highest BCUT2D eigenvalue weighted by molar-refractivity contribution is 5.70.